The van der Waals surface area contributed by atoms with Crippen molar-refractivity contribution in [2.24, 2.45) is 0 Å². The minimum atomic E-state index is -0.873. The highest BCUT2D eigenvalue weighted by atomic mass is 79.9. The van der Waals surface area contributed by atoms with Gasteiger partial charge in [-0.1, -0.05) is 11.6 Å². The van der Waals surface area contributed by atoms with Crippen molar-refractivity contribution in [1.82, 2.24) is 4.98 Å². The van der Waals surface area contributed by atoms with Gasteiger partial charge >= 0.3 is 0 Å². The fourth-order valence-corrected chi connectivity index (χ4v) is 2.36. The van der Waals surface area contributed by atoms with E-state index in [1.165, 1.54) is 12.1 Å². The number of benzene rings is 1. The van der Waals surface area contributed by atoms with Crippen molar-refractivity contribution < 1.29 is 13.6 Å². The normalized spacial score (nSPS) is 10.4. The van der Waals surface area contributed by atoms with E-state index in [0.717, 1.165) is 6.07 Å². The summed E-state index contributed by atoms with van der Waals surface area (Å²) in [7, 11) is 0. The number of nitrogens with zero attached hydrogens (tertiary/aromatic N) is 1. The van der Waals surface area contributed by atoms with Crippen LogP contribution in [0.5, 0.6) is 0 Å². The van der Waals surface area contributed by atoms with Crippen molar-refractivity contribution >= 4 is 39.1 Å². The maximum Gasteiger partial charge on any atom is 0.255 e. The first kappa shape index (κ1) is 14.9. The molecule has 0 atom stereocenters. The fourth-order valence-electron chi connectivity index (χ4n) is 1.61. The summed E-state index contributed by atoms with van der Waals surface area (Å²) in [6, 6.07) is 4.62. The summed E-state index contributed by atoms with van der Waals surface area (Å²) < 4.78 is 26.7. The number of carbonyl (C=O) groups is 1. The van der Waals surface area contributed by atoms with Gasteiger partial charge < -0.3 is 5.32 Å². The number of rotatable bonds is 2. The van der Waals surface area contributed by atoms with E-state index in [2.05, 4.69) is 26.2 Å². The molecule has 1 heterocycles. The van der Waals surface area contributed by atoms with Crippen LogP contribution in [0.15, 0.2) is 28.7 Å². The molecule has 0 fully saturated rings. The summed E-state index contributed by atoms with van der Waals surface area (Å²) >= 11 is 8.75. The van der Waals surface area contributed by atoms with Crippen molar-refractivity contribution in [2.45, 2.75) is 6.92 Å². The van der Waals surface area contributed by atoms with E-state index in [4.69, 9.17) is 11.6 Å². The van der Waals surface area contributed by atoms with Crippen LogP contribution in [0.1, 0.15) is 16.1 Å². The van der Waals surface area contributed by atoms with E-state index in [9.17, 15) is 13.6 Å². The average Bonchev–Trinajstić information content (AvgIpc) is 2.32. The second-order valence-electron chi connectivity index (χ2n) is 4.02. The van der Waals surface area contributed by atoms with Crippen molar-refractivity contribution in [1.29, 1.82) is 0 Å². The number of hydrogen-bond acceptors (Lipinski definition) is 2. The van der Waals surface area contributed by atoms with Crippen molar-refractivity contribution in [3.8, 4) is 0 Å². The maximum atomic E-state index is 13.6. The molecule has 0 aliphatic carbocycles. The molecule has 1 aromatic carbocycles. The first-order valence-corrected chi connectivity index (χ1v) is 6.64. The number of amides is 1. The number of carbonyl (C=O) groups excluding carboxylic acids is 1. The molecule has 0 bridgehead atoms. The van der Waals surface area contributed by atoms with Crippen LogP contribution in [0.3, 0.4) is 0 Å². The molecule has 7 heteroatoms. The van der Waals surface area contributed by atoms with Crippen LogP contribution in [-0.2, 0) is 0 Å². The molecule has 20 heavy (non-hydrogen) atoms. The van der Waals surface area contributed by atoms with Gasteiger partial charge in [-0.15, -0.1) is 0 Å². The van der Waals surface area contributed by atoms with Crippen LogP contribution in [0, 0.1) is 18.6 Å². The zero-order valence-corrected chi connectivity index (χ0v) is 12.5. The minimum absolute atomic E-state index is 0.111. The van der Waals surface area contributed by atoms with E-state index < -0.39 is 17.5 Å². The lowest BCUT2D eigenvalue weighted by molar-refractivity contribution is 0.102. The van der Waals surface area contributed by atoms with E-state index in [-0.39, 0.29) is 20.9 Å². The van der Waals surface area contributed by atoms with Gasteiger partial charge in [0.15, 0.2) is 5.82 Å². The third-order valence-corrected chi connectivity index (χ3v) is 3.25. The fraction of sp³-hybridized carbons (Fsp3) is 0.0769. The number of nitrogens with one attached hydrogen (secondary N) is 1. The lowest BCUT2D eigenvalue weighted by Crippen LogP contribution is -2.14. The summed E-state index contributed by atoms with van der Waals surface area (Å²) in [6.45, 7) is 1.68. The van der Waals surface area contributed by atoms with E-state index in [0.29, 0.717) is 11.8 Å². The lowest BCUT2D eigenvalue weighted by Gasteiger charge is -2.09. The first-order chi connectivity index (χ1) is 9.36. The van der Waals surface area contributed by atoms with Crippen LogP contribution >= 0.6 is 27.5 Å². The Morgan fingerprint density at radius 2 is 2.00 bits per heavy atom. The van der Waals surface area contributed by atoms with Crippen LogP contribution < -0.4 is 5.32 Å². The molecular weight excluding hydrogens is 354 g/mol. The molecule has 0 saturated carbocycles. The Bertz CT molecular complexity index is 651. The van der Waals surface area contributed by atoms with Gasteiger partial charge in [0.2, 0.25) is 0 Å². The number of halogens is 4. The van der Waals surface area contributed by atoms with Gasteiger partial charge in [0.05, 0.1) is 5.69 Å². The standard InChI is InChI=1S/C13H8BrClF2N2O/c1-6-2-7(3-11(15)18-6)13(20)19-12-9(14)4-8(16)5-10(12)17/h2-5H,1H3,(H,19,20). The van der Waals surface area contributed by atoms with E-state index >= 15 is 0 Å². The molecule has 0 unspecified atom stereocenters. The van der Waals surface area contributed by atoms with E-state index in [1.54, 1.807) is 6.92 Å². The third-order valence-electron chi connectivity index (χ3n) is 2.43. The van der Waals surface area contributed by atoms with Gasteiger partial charge in [0, 0.05) is 21.8 Å². The zero-order valence-electron chi connectivity index (χ0n) is 10.2. The molecule has 0 radical (unpaired) electrons. The summed E-state index contributed by atoms with van der Waals surface area (Å²) in [5.41, 5.74) is 0.654. The quantitative estimate of drug-likeness (QED) is 0.809. The molecule has 2 aromatic rings. The minimum Gasteiger partial charge on any atom is -0.319 e. The molecule has 0 aliphatic rings. The second kappa shape index (κ2) is 5.85. The van der Waals surface area contributed by atoms with E-state index in [1.807, 2.05) is 0 Å². The highest BCUT2D eigenvalue weighted by Crippen LogP contribution is 2.27. The Balaban J connectivity index is 2.32. The molecule has 0 saturated heterocycles. The first-order valence-electron chi connectivity index (χ1n) is 5.47. The van der Waals surface area contributed by atoms with Crippen LogP contribution in [0.25, 0.3) is 0 Å². The molecule has 2 rings (SSSR count). The van der Waals surface area contributed by atoms with Crippen molar-refractivity contribution in [3.05, 3.63) is 56.8 Å². The topological polar surface area (TPSA) is 42.0 Å². The van der Waals surface area contributed by atoms with Crippen LogP contribution in [0.4, 0.5) is 14.5 Å². The molecule has 3 nitrogen and oxygen atoms in total. The zero-order chi connectivity index (χ0) is 14.9. The van der Waals surface area contributed by atoms with Crippen LogP contribution in [0.2, 0.25) is 5.15 Å². The molecule has 0 aliphatic heterocycles. The third kappa shape index (κ3) is 3.32. The predicted octanol–water partition coefficient (Wildman–Crippen LogP) is 4.34. The average molecular weight is 362 g/mol. The predicted molar refractivity (Wildman–Crippen MR) is 76.0 cm³/mol. The molecule has 1 amide bonds. The second-order valence-corrected chi connectivity index (χ2v) is 5.26. The number of anilines is 1. The number of aromatic nitrogens is 1. The Hall–Kier alpha value is -1.53. The van der Waals surface area contributed by atoms with Gasteiger partial charge in [-0.3, -0.25) is 4.79 Å². The summed E-state index contributed by atoms with van der Waals surface area (Å²) in [4.78, 5) is 16.0. The molecule has 104 valence electrons. The van der Waals surface area contributed by atoms with Crippen molar-refractivity contribution in [2.75, 3.05) is 5.32 Å². The number of pyridine rings is 1. The highest BCUT2D eigenvalue weighted by molar-refractivity contribution is 9.10. The van der Waals surface area contributed by atoms with Gasteiger partial charge in [0.25, 0.3) is 5.91 Å². The molecule has 1 N–H and O–H groups in total. The van der Waals surface area contributed by atoms with Gasteiger partial charge in [-0.05, 0) is 41.1 Å². The summed E-state index contributed by atoms with van der Waals surface area (Å²) in [6.07, 6.45) is 0. The highest BCUT2D eigenvalue weighted by Gasteiger charge is 2.15. The molecule has 1 aromatic heterocycles. The molecular formula is C13H8BrClF2N2O. The number of aryl methyl sites for hydroxylation is 1. The monoisotopic (exact) mass is 360 g/mol. The summed E-state index contributed by atoms with van der Waals surface area (Å²) in [5.74, 6) is -2.18. The Labute approximate surface area is 127 Å². The largest absolute Gasteiger partial charge is 0.319 e. The smallest absolute Gasteiger partial charge is 0.255 e. The Morgan fingerprint density at radius 1 is 1.30 bits per heavy atom. The number of hydrogen-bond donors (Lipinski definition) is 1. The Morgan fingerprint density at radius 3 is 2.60 bits per heavy atom. The Kier molecular flexibility index (Phi) is 4.35. The van der Waals surface area contributed by atoms with Crippen LogP contribution in [-0.4, -0.2) is 10.9 Å². The van der Waals surface area contributed by atoms with Crippen molar-refractivity contribution in [3.63, 3.8) is 0 Å². The van der Waals surface area contributed by atoms with Gasteiger partial charge in [-0.25, -0.2) is 13.8 Å². The molecule has 0 spiro atoms. The maximum absolute atomic E-state index is 13.6. The van der Waals surface area contributed by atoms with Gasteiger partial charge in [0.1, 0.15) is 11.0 Å². The summed E-state index contributed by atoms with van der Waals surface area (Å²) in [5, 5.41) is 2.52. The SMILES string of the molecule is Cc1cc(C(=O)Nc2c(F)cc(F)cc2Br)cc(Cl)n1. The van der Waals surface area contributed by atoms with Gasteiger partial charge in [-0.2, -0.15) is 0 Å². The lowest BCUT2D eigenvalue weighted by atomic mass is 10.2.